The normalized spacial score (nSPS) is 9.44. The van der Waals surface area contributed by atoms with E-state index in [0.29, 0.717) is 0 Å². The van der Waals surface area contributed by atoms with E-state index in [-0.39, 0.29) is 34.1 Å². The zero-order valence-electron chi connectivity index (χ0n) is 21.4. The number of hydrogen-bond acceptors (Lipinski definition) is 1. The third-order valence-electron chi connectivity index (χ3n) is 4.29. The van der Waals surface area contributed by atoms with E-state index < -0.39 is 0 Å². The van der Waals surface area contributed by atoms with Crippen molar-refractivity contribution in [2.75, 3.05) is 20.0 Å². The van der Waals surface area contributed by atoms with Crippen molar-refractivity contribution in [1.29, 1.82) is 0 Å². The summed E-state index contributed by atoms with van der Waals surface area (Å²) in [5, 5.41) is 0. The first-order valence-electron chi connectivity index (χ1n) is 11.8. The molecule has 5 aromatic carbocycles. The maximum Gasteiger partial charge on any atom is 0.0461 e. The van der Waals surface area contributed by atoms with Gasteiger partial charge in [0.15, 0.2) is 0 Å². The molecule has 0 saturated heterocycles. The van der Waals surface area contributed by atoms with Crippen molar-refractivity contribution in [3.8, 4) is 0 Å². The standard InChI is InChI=1S/C20H15N.2C5H5.C3H9P.Zr/c1-4-10-17(11-5-1)20(18-12-6-2-7-13-18)16-21-19-14-8-3-9-15-19;2*1-2-4-5-3-1;1-4(2)3;/h1-15H;2*1-5H;1-3H3;/q-2;-5;-1;;/p+1. The van der Waals surface area contributed by atoms with Crippen molar-refractivity contribution >= 4 is 19.8 Å². The molecule has 5 aromatic rings. The Kier molecular flexibility index (Phi) is 17.7. The molecular weight excluding hydrogens is 533 g/mol. The number of benzene rings is 3. The third kappa shape index (κ3) is 14.6. The van der Waals surface area contributed by atoms with E-state index in [1.54, 1.807) is 0 Å². The first-order valence-corrected chi connectivity index (χ1v) is 14.8. The van der Waals surface area contributed by atoms with E-state index in [2.05, 4.69) is 55.5 Å². The van der Waals surface area contributed by atoms with Crippen molar-refractivity contribution in [2.45, 2.75) is 0 Å². The van der Waals surface area contributed by atoms with Crippen molar-refractivity contribution < 1.29 is 26.2 Å². The molecule has 0 radical (unpaired) electrons. The molecule has 0 N–H and O–H groups in total. The van der Waals surface area contributed by atoms with E-state index in [4.69, 9.17) is 0 Å². The van der Waals surface area contributed by atoms with Crippen LogP contribution in [0.25, 0.3) is 0 Å². The number of aliphatic imine (C=N–C) groups is 1. The van der Waals surface area contributed by atoms with Gasteiger partial charge in [0.1, 0.15) is 0 Å². The Morgan fingerprint density at radius 1 is 0.583 bits per heavy atom. The van der Waals surface area contributed by atoms with E-state index in [1.165, 1.54) is 0 Å². The molecule has 3 heteroatoms. The molecule has 0 aliphatic carbocycles. The molecule has 0 bridgehead atoms. The minimum atomic E-state index is 0. The van der Waals surface area contributed by atoms with Crippen molar-refractivity contribution in [2.24, 2.45) is 4.99 Å². The van der Waals surface area contributed by atoms with Gasteiger partial charge >= 0.3 is 0 Å². The van der Waals surface area contributed by atoms with Crippen LogP contribution in [0, 0.1) is 5.92 Å². The predicted molar refractivity (Wildman–Crippen MR) is 158 cm³/mol. The zero-order chi connectivity index (χ0) is 25.0. The SMILES string of the molecule is C[PH+](C)C.[C-](=Nc1ccccc1)[C-](c1ccccc1)c1ccccc1.[Zr].[cH-]1[cH-][cH-][cH-][cH-]1.c1cc[cH-]c1. The van der Waals surface area contributed by atoms with Crippen molar-refractivity contribution in [1.82, 2.24) is 0 Å². The van der Waals surface area contributed by atoms with E-state index in [9.17, 15) is 0 Å². The fourth-order valence-corrected chi connectivity index (χ4v) is 2.77. The van der Waals surface area contributed by atoms with Crippen LogP contribution in [0.15, 0.2) is 157 Å². The Balaban J connectivity index is 0.000000351. The summed E-state index contributed by atoms with van der Waals surface area (Å²) in [5.74, 6) is 1.00. The Morgan fingerprint density at radius 3 is 1.28 bits per heavy atom. The summed E-state index contributed by atoms with van der Waals surface area (Å²) in [4.78, 5) is 4.47. The summed E-state index contributed by atoms with van der Waals surface area (Å²) in [5.41, 5.74) is 3.13. The summed E-state index contributed by atoms with van der Waals surface area (Å²) in [7, 11) is 0.120. The van der Waals surface area contributed by atoms with Crippen LogP contribution in [0.4, 0.5) is 5.69 Å². The van der Waals surface area contributed by atoms with Gasteiger partial charge in [0.05, 0.1) is 0 Å². The topological polar surface area (TPSA) is 12.4 Å². The summed E-state index contributed by atoms with van der Waals surface area (Å²) in [6.07, 6.45) is 3.21. The van der Waals surface area contributed by atoms with Crippen LogP contribution in [0.2, 0.25) is 0 Å². The summed E-state index contributed by atoms with van der Waals surface area (Å²) in [6, 6.07) is 50.4. The Hall–Kier alpha value is -2.79. The zero-order valence-corrected chi connectivity index (χ0v) is 24.8. The number of rotatable bonds is 4. The quantitative estimate of drug-likeness (QED) is 0.117. The van der Waals surface area contributed by atoms with Gasteiger partial charge in [-0.05, 0) is 13.6 Å². The Bertz CT molecular complexity index is 1000. The summed E-state index contributed by atoms with van der Waals surface area (Å²) >= 11 is 0. The molecule has 0 spiro atoms. The smallest absolute Gasteiger partial charge is 0.0461 e. The van der Waals surface area contributed by atoms with Gasteiger partial charge in [-0.25, -0.2) is 12.1 Å². The molecule has 188 valence electrons. The van der Waals surface area contributed by atoms with Crippen LogP contribution >= 0.6 is 7.92 Å². The average molecular weight is 568 g/mol. The largest absolute Gasteiger partial charge is 0.748 e. The molecule has 0 fully saturated rings. The van der Waals surface area contributed by atoms with E-state index in [0.717, 1.165) is 22.7 Å². The van der Waals surface area contributed by atoms with E-state index >= 15 is 0 Å². The van der Waals surface area contributed by atoms with Gasteiger partial charge in [-0.2, -0.15) is 59.5 Å². The van der Waals surface area contributed by atoms with Crippen LogP contribution in [0.3, 0.4) is 0 Å². The molecule has 0 aliphatic heterocycles. The van der Waals surface area contributed by atoms with Crippen LogP contribution in [0.5, 0.6) is 0 Å². The van der Waals surface area contributed by atoms with Gasteiger partial charge in [0.2, 0.25) is 0 Å². The molecule has 36 heavy (non-hydrogen) atoms. The van der Waals surface area contributed by atoms with Gasteiger partial charge in [-0.1, -0.05) is 48.7 Å². The van der Waals surface area contributed by atoms with Gasteiger partial charge in [0.25, 0.3) is 0 Å². The number of para-hydroxylation sites is 1. The Labute approximate surface area is 238 Å². The fourth-order valence-electron chi connectivity index (χ4n) is 2.77. The second kappa shape index (κ2) is 20.4. The molecule has 0 aromatic heterocycles. The maximum absolute atomic E-state index is 4.47. The number of hydrogen-bond donors (Lipinski definition) is 0. The van der Waals surface area contributed by atoms with Gasteiger partial charge in [-0.15, -0.1) is 24.3 Å². The predicted octanol–water partition coefficient (Wildman–Crippen LogP) is 8.84. The fraction of sp³-hybridized carbons (Fsp3) is 0.0909. The average Bonchev–Trinajstić information content (AvgIpc) is 3.66. The van der Waals surface area contributed by atoms with Gasteiger partial charge in [0, 0.05) is 46.2 Å². The minimum absolute atomic E-state index is 0. The van der Waals surface area contributed by atoms with Crippen molar-refractivity contribution in [3.63, 3.8) is 0 Å². The van der Waals surface area contributed by atoms with Gasteiger partial charge in [-0.3, -0.25) is 0 Å². The second-order valence-electron chi connectivity index (χ2n) is 8.09. The van der Waals surface area contributed by atoms with Crippen molar-refractivity contribution in [3.05, 3.63) is 169 Å². The van der Waals surface area contributed by atoms with E-state index in [1.807, 2.05) is 127 Å². The molecule has 5 rings (SSSR count). The molecule has 0 heterocycles. The molecule has 0 amide bonds. The van der Waals surface area contributed by atoms with Crippen LogP contribution < -0.4 is 0 Å². The molecule has 0 atom stereocenters. The number of nitrogens with zero attached hydrogens (tertiary/aromatic N) is 1. The molecule has 0 saturated carbocycles. The second-order valence-corrected chi connectivity index (χ2v) is 11.1. The molecular formula is C33H35NPZr-7. The van der Waals surface area contributed by atoms with Crippen LogP contribution in [-0.4, -0.2) is 26.2 Å². The third-order valence-corrected chi connectivity index (χ3v) is 4.29. The van der Waals surface area contributed by atoms with Crippen LogP contribution in [-0.2, 0) is 26.2 Å². The van der Waals surface area contributed by atoms with Crippen LogP contribution in [0.1, 0.15) is 11.1 Å². The molecule has 0 unspecified atom stereocenters. The first kappa shape index (κ1) is 31.2. The monoisotopic (exact) mass is 566 g/mol. The Morgan fingerprint density at radius 2 is 0.944 bits per heavy atom. The minimum Gasteiger partial charge on any atom is -0.748 e. The molecule has 0 aliphatic rings. The molecule has 1 nitrogen and oxygen atoms in total. The maximum atomic E-state index is 4.47. The van der Waals surface area contributed by atoms with Gasteiger partial charge < -0.3 is 35.3 Å². The first-order chi connectivity index (χ1) is 17.2. The summed E-state index contributed by atoms with van der Waals surface area (Å²) in [6.45, 7) is 6.81. The summed E-state index contributed by atoms with van der Waals surface area (Å²) < 4.78 is 0.